The number of alkyl halides is 3. The van der Waals surface area contributed by atoms with E-state index in [0.717, 1.165) is 17.7 Å². The fourth-order valence-corrected chi connectivity index (χ4v) is 7.00. The lowest BCUT2D eigenvalue weighted by Gasteiger charge is -2.34. The first-order valence-corrected chi connectivity index (χ1v) is 17.1. The molecule has 0 saturated carbocycles. The summed E-state index contributed by atoms with van der Waals surface area (Å²) in [5.74, 6) is -1.29. The molecule has 1 atom stereocenters. The van der Waals surface area contributed by atoms with Crippen LogP contribution in [0.2, 0.25) is 5.02 Å². The van der Waals surface area contributed by atoms with Crippen LogP contribution in [0.4, 0.5) is 18.9 Å². The maximum absolute atomic E-state index is 14.4. The molecule has 1 N–H and O–H groups in total. The van der Waals surface area contributed by atoms with Crippen molar-refractivity contribution in [3.63, 3.8) is 0 Å². The molecule has 4 aromatic rings. The number of sulfonamides is 1. The molecule has 4 rings (SSSR count). The Morgan fingerprint density at radius 3 is 2.09 bits per heavy atom. The smallest absolute Gasteiger partial charge is 0.352 e. The third kappa shape index (κ3) is 9.36. The molecule has 13 heteroatoms. The van der Waals surface area contributed by atoms with E-state index in [1.165, 1.54) is 29.2 Å². The van der Waals surface area contributed by atoms with Gasteiger partial charge < -0.3 is 10.2 Å². The van der Waals surface area contributed by atoms with Gasteiger partial charge in [0.15, 0.2) is 0 Å². The minimum Gasteiger partial charge on any atom is -0.352 e. The molecule has 0 aliphatic rings. The summed E-state index contributed by atoms with van der Waals surface area (Å²) >= 11 is 9.28. The van der Waals surface area contributed by atoms with Crippen LogP contribution in [-0.2, 0) is 38.8 Å². The number of nitrogens with one attached hydrogen (secondary N) is 1. The second-order valence-corrected chi connectivity index (χ2v) is 14.2. The molecule has 0 radical (unpaired) electrons. The van der Waals surface area contributed by atoms with E-state index in [1.807, 2.05) is 6.07 Å². The number of rotatable bonds is 12. The van der Waals surface area contributed by atoms with E-state index < -0.39 is 56.9 Å². The second kappa shape index (κ2) is 15.4. The highest BCUT2D eigenvalue weighted by Gasteiger charge is 2.37. The monoisotopic (exact) mass is 749 g/mol. The zero-order chi connectivity index (χ0) is 34.4. The van der Waals surface area contributed by atoms with Gasteiger partial charge in [-0.3, -0.25) is 13.9 Å². The highest BCUT2D eigenvalue weighted by atomic mass is 79.9. The van der Waals surface area contributed by atoms with E-state index in [1.54, 1.807) is 68.4 Å². The van der Waals surface area contributed by atoms with Crippen molar-refractivity contribution < 1.29 is 31.2 Å². The van der Waals surface area contributed by atoms with E-state index in [0.29, 0.717) is 20.4 Å². The standard InChI is InChI=1S/C34H32BrClF3N3O4S/c1-23(2)40-33(44)31(19-24-10-5-3-6-11-24)41(21-25-12-9-13-26(35)18-25)32(43)22-42(47(45,46)28-14-7-4-8-15-28)27-16-17-30(36)29(20-27)34(37,38)39/h3-18,20,23,31H,19,21-22H2,1-2H3,(H,40,44)/t31-/m1/s1. The van der Waals surface area contributed by atoms with Crippen LogP contribution in [0.1, 0.15) is 30.5 Å². The highest BCUT2D eigenvalue weighted by molar-refractivity contribution is 9.10. The number of nitrogens with zero attached hydrogens (tertiary/aromatic N) is 2. The molecule has 0 aliphatic carbocycles. The SMILES string of the molecule is CC(C)NC(=O)[C@@H](Cc1ccccc1)N(Cc1cccc(Br)c1)C(=O)CN(c1ccc(Cl)c(C(F)(F)F)c1)S(=O)(=O)c1ccccc1. The van der Waals surface area contributed by atoms with E-state index in [9.17, 15) is 31.2 Å². The Labute approximate surface area is 285 Å². The van der Waals surface area contributed by atoms with Gasteiger partial charge in [0.05, 0.1) is 21.2 Å². The van der Waals surface area contributed by atoms with Gasteiger partial charge in [-0.25, -0.2) is 8.42 Å². The lowest BCUT2D eigenvalue weighted by Crippen LogP contribution is -2.54. The van der Waals surface area contributed by atoms with E-state index >= 15 is 0 Å². The molecule has 2 amide bonds. The summed E-state index contributed by atoms with van der Waals surface area (Å²) in [4.78, 5) is 29.2. The molecule has 7 nitrogen and oxygen atoms in total. The van der Waals surface area contributed by atoms with Crippen molar-refractivity contribution in [1.29, 1.82) is 0 Å². The molecule has 0 aliphatic heterocycles. The molecular weight excluding hydrogens is 719 g/mol. The first-order chi connectivity index (χ1) is 22.2. The first-order valence-electron chi connectivity index (χ1n) is 14.5. The fraction of sp³-hybridized carbons (Fsp3) is 0.235. The first kappa shape index (κ1) is 36.0. The van der Waals surface area contributed by atoms with Crippen LogP contribution in [-0.4, -0.2) is 43.8 Å². The van der Waals surface area contributed by atoms with Crippen molar-refractivity contribution in [3.05, 3.63) is 129 Å². The molecule has 0 saturated heterocycles. The Hall–Kier alpha value is -3.87. The summed E-state index contributed by atoms with van der Waals surface area (Å²) in [6.07, 6.45) is -4.81. The Balaban J connectivity index is 1.86. The van der Waals surface area contributed by atoms with Gasteiger partial charge in [0.1, 0.15) is 12.6 Å². The van der Waals surface area contributed by atoms with Crippen molar-refractivity contribution in [2.45, 2.75) is 50.0 Å². The van der Waals surface area contributed by atoms with Crippen LogP contribution in [0.25, 0.3) is 0 Å². The van der Waals surface area contributed by atoms with Crippen LogP contribution in [0.5, 0.6) is 0 Å². The Morgan fingerprint density at radius 2 is 1.49 bits per heavy atom. The van der Waals surface area contributed by atoms with Gasteiger partial charge >= 0.3 is 6.18 Å². The number of hydrogen-bond donors (Lipinski definition) is 1. The molecule has 0 aromatic heterocycles. The minimum absolute atomic E-state index is 0.0870. The zero-order valence-electron chi connectivity index (χ0n) is 25.4. The number of carbonyl (C=O) groups excluding carboxylic acids is 2. The number of hydrogen-bond acceptors (Lipinski definition) is 4. The minimum atomic E-state index is -4.90. The van der Waals surface area contributed by atoms with Crippen molar-refractivity contribution in [1.82, 2.24) is 10.2 Å². The molecule has 0 unspecified atom stereocenters. The van der Waals surface area contributed by atoms with Gasteiger partial charge in [0.25, 0.3) is 10.0 Å². The number of amides is 2. The van der Waals surface area contributed by atoms with Crippen LogP contribution in [0, 0.1) is 0 Å². The van der Waals surface area contributed by atoms with Gasteiger partial charge in [0.2, 0.25) is 11.8 Å². The molecule has 4 aromatic carbocycles. The van der Waals surface area contributed by atoms with Crippen molar-refractivity contribution in [2.24, 2.45) is 0 Å². The van der Waals surface area contributed by atoms with Gasteiger partial charge in [-0.2, -0.15) is 13.2 Å². The Bertz CT molecular complexity index is 1810. The lowest BCUT2D eigenvalue weighted by atomic mass is 10.0. The molecule has 248 valence electrons. The highest BCUT2D eigenvalue weighted by Crippen LogP contribution is 2.38. The van der Waals surface area contributed by atoms with E-state index in [2.05, 4.69) is 21.2 Å². The maximum atomic E-state index is 14.4. The molecule has 0 spiro atoms. The normalized spacial score (nSPS) is 12.4. The average molecular weight is 751 g/mol. The fourth-order valence-electron chi connectivity index (χ4n) is 4.90. The van der Waals surface area contributed by atoms with Crippen molar-refractivity contribution in [3.8, 4) is 0 Å². The second-order valence-electron chi connectivity index (χ2n) is 11.0. The van der Waals surface area contributed by atoms with Gasteiger partial charge in [-0.05, 0) is 67.4 Å². The predicted molar refractivity (Wildman–Crippen MR) is 179 cm³/mol. The zero-order valence-corrected chi connectivity index (χ0v) is 28.6. The lowest BCUT2D eigenvalue weighted by molar-refractivity contribution is -0.140. The van der Waals surface area contributed by atoms with Gasteiger partial charge in [-0.1, -0.05) is 88.2 Å². The Kier molecular flexibility index (Phi) is 11.8. The molecule has 0 fully saturated rings. The summed E-state index contributed by atoms with van der Waals surface area (Å²) < 4.78 is 71.1. The summed E-state index contributed by atoms with van der Waals surface area (Å²) in [7, 11) is -4.59. The topological polar surface area (TPSA) is 86.8 Å². The van der Waals surface area contributed by atoms with Crippen LogP contribution < -0.4 is 9.62 Å². The van der Waals surface area contributed by atoms with Crippen molar-refractivity contribution >= 4 is 55.1 Å². The maximum Gasteiger partial charge on any atom is 0.417 e. The van der Waals surface area contributed by atoms with E-state index in [4.69, 9.17) is 11.6 Å². The number of carbonyl (C=O) groups is 2. The summed E-state index contributed by atoms with van der Waals surface area (Å²) in [6, 6.07) is 24.4. The number of halogens is 5. The van der Waals surface area contributed by atoms with Crippen LogP contribution >= 0.6 is 27.5 Å². The van der Waals surface area contributed by atoms with Crippen molar-refractivity contribution in [2.75, 3.05) is 10.8 Å². The molecular formula is C34H32BrClF3N3O4S. The summed E-state index contributed by atoms with van der Waals surface area (Å²) in [5, 5.41) is 2.22. The van der Waals surface area contributed by atoms with Crippen LogP contribution in [0.3, 0.4) is 0 Å². The Morgan fingerprint density at radius 1 is 0.872 bits per heavy atom. The van der Waals surface area contributed by atoms with E-state index in [-0.39, 0.29) is 23.9 Å². The predicted octanol–water partition coefficient (Wildman–Crippen LogP) is 7.48. The third-order valence-electron chi connectivity index (χ3n) is 7.10. The van der Waals surface area contributed by atoms with Crippen LogP contribution in [0.15, 0.2) is 112 Å². The number of anilines is 1. The molecule has 47 heavy (non-hydrogen) atoms. The third-order valence-corrected chi connectivity index (χ3v) is 9.71. The average Bonchev–Trinajstić information content (AvgIpc) is 3.02. The summed E-state index contributed by atoms with van der Waals surface area (Å²) in [6.45, 7) is 2.52. The summed E-state index contributed by atoms with van der Waals surface area (Å²) in [5.41, 5.74) is -0.314. The van der Waals surface area contributed by atoms with Gasteiger partial charge in [0, 0.05) is 23.5 Å². The molecule has 0 heterocycles. The largest absolute Gasteiger partial charge is 0.417 e. The number of benzene rings is 4. The quantitative estimate of drug-likeness (QED) is 0.163. The van der Waals surface area contributed by atoms with Gasteiger partial charge in [-0.15, -0.1) is 0 Å². The molecule has 0 bridgehead atoms.